The Balaban J connectivity index is 2.28. The molecule has 1 fully saturated rings. The minimum absolute atomic E-state index is 0.120. The molecule has 8 heteroatoms. The lowest BCUT2D eigenvalue weighted by Crippen LogP contribution is -2.38. The van der Waals surface area contributed by atoms with Crippen molar-refractivity contribution in [3.8, 4) is 0 Å². The van der Waals surface area contributed by atoms with Gasteiger partial charge in [0, 0.05) is 24.8 Å². The Morgan fingerprint density at radius 1 is 1.29 bits per heavy atom. The van der Waals surface area contributed by atoms with Crippen LogP contribution >= 0.6 is 0 Å². The van der Waals surface area contributed by atoms with Gasteiger partial charge < -0.3 is 10.6 Å². The molecule has 118 valence electrons. The van der Waals surface area contributed by atoms with E-state index in [9.17, 15) is 21.6 Å². The first-order valence-electron chi connectivity index (χ1n) is 6.56. The van der Waals surface area contributed by atoms with E-state index in [1.165, 1.54) is 12.1 Å². The van der Waals surface area contributed by atoms with Crippen LogP contribution in [0.3, 0.4) is 0 Å². The van der Waals surface area contributed by atoms with Gasteiger partial charge in [0.2, 0.25) is 0 Å². The molecule has 1 saturated heterocycles. The monoisotopic (exact) mass is 322 g/mol. The van der Waals surface area contributed by atoms with Gasteiger partial charge in [-0.3, -0.25) is 0 Å². The topological polar surface area (TPSA) is 63.4 Å². The van der Waals surface area contributed by atoms with Crippen LogP contribution in [0.15, 0.2) is 29.2 Å². The van der Waals surface area contributed by atoms with Gasteiger partial charge in [0.25, 0.3) is 9.84 Å². The second-order valence-electron chi connectivity index (χ2n) is 5.21. The molecule has 4 nitrogen and oxygen atoms in total. The zero-order valence-electron chi connectivity index (χ0n) is 11.5. The number of benzene rings is 1. The van der Waals surface area contributed by atoms with E-state index < -0.39 is 20.2 Å². The van der Waals surface area contributed by atoms with E-state index in [4.69, 9.17) is 5.73 Å². The van der Waals surface area contributed by atoms with E-state index in [-0.39, 0.29) is 6.04 Å². The fourth-order valence-corrected chi connectivity index (χ4v) is 3.40. The van der Waals surface area contributed by atoms with Crippen LogP contribution in [-0.4, -0.2) is 33.1 Å². The molecule has 21 heavy (non-hydrogen) atoms. The summed E-state index contributed by atoms with van der Waals surface area (Å²) in [6.07, 6.45) is 0.949. The number of anilines is 1. The number of hydrogen-bond donors (Lipinski definition) is 1. The van der Waals surface area contributed by atoms with Gasteiger partial charge in [-0.1, -0.05) is 6.92 Å². The molecule has 0 amide bonds. The van der Waals surface area contributed by atoms with Crippen LogP contribution in [0.4, 0.5) is 18.9 Å². The summed E-state index contributed by atoms with van der Waals surface area (Å²) in [4.78, 5) is 1.27. The molecule has 0 aromatic heterocycles. The molecule has 0 bridgehead atoms. The predicted octanol–water partition coefficient (Wildman–Crippen LogP) is 2.15. The van der Waals surface area contributed by atoms with Crippen molar-refractivity contribution in [2.75, 3.05) is 18.0 Å². The van der Waals surface area contributed by atoms with Crippen molar-refractivity contribution < 1.29 is 21.6 Å². The van der Waals surface area contributed by atoms with E-state index in [0.29, 0.717) is 18.2 Å². The van der Waals surface area contributed by atoms with Crippen molar-refractivity contribution in [2.45, 2.75) is 29.8 Å². The lowest BCUT2D eigenvalue weighted by atomic mass is 10.0. The molecule has 1 aromatic carbocycles. The van der Waals surface area contributed by atoms with Crippen LogP contribution in [0, 0.1) is 5.92 Å². The highest BCUT2D eigenvalue weighted by molar-refractivity contribution is 7.92. The Morgan fingerprint density at radius 2 is 1.86 bits per heavy atom. The van der Waals surface area contributed by atoms with Crippen LogP contribution < -0.4 is 10.6 Å². The average molecular weight is 322 g/mol. The first kappa shape index (κ1) is 16.1. The van der Waals surface area contributed by atoms with Crippen LogP contribution in [0.25, 0.3) is 0 Å². The van der Waals surface area contributed by atoms with E-state index >= 15 is 0 Å². The summed E-state index contributed by atoms with van der Waals surface area (Å²) in [5.41, 5.74) is 1.13. The standard InChI is InChI=1S/C13H17F3N2O2S/c1-9-6-7-18(12(9)8-17)10-2-4-11(5-3-10)21(19,20)13(14,15)16/h2-5,9,12H,6-8,17H2,1H3. The summed E-state index contributed by atoms with van der Waals surface area (Å²) in [5.74, 6) is 0.397. The van der Waals surface area contributed by atoms with Gasteiger partial charge in [-0.15, -0.1) is 0 Å². The van der Waals surface area contributed by atoms with Crippen molar-refractivity contribution in [2.24, 2.45) is 11.7 Å². The number of sulfone groups is 1. The Labute approximate surface area is 121 Å². The molecule has 1 heterocycles. The summed E-state index contributed by atoms with van der Waals surface area (Å²) < 4.78 is 60.0. The van der Waals surface area contributed by atoms with E-state index in [0.717, 1.165) is 25.1 Å². The summed E-state index contributed by atoms with van der Waals surface area (Å²) >= 11 is 0. The van der Waals surface area contributed by atoms with Gasteiger partial charge in [0.15, 0.2) is 0 Å². The Hall–Kier alpha value is -1.28. The van der Waals surface area contributed by atoms with Gasteiger partial charge >= 0.3 is 5.51 Å². The second-order valence-corrected chi connectivity index (χ2v) is 7.15. The zero-order chi connectivity index (χ0) is 15.8. The highest BCUT2D eigenvalue weighted by Gasteiger charge is 2.46. The maximum atomic E-state index is 12.5. The van der Waals surface area contributed by atoms with E-state index in [2.05, 4.69) is 6.92 Å². The molecular formula is C13H17F3N2O2S. The SMILES string of the molecule is CC1CCN(c2ccc(S(=O)(=O)C(F)(F)F)cc2)C1CN. The predicted molar refractivity (Wildman–Crippen MR) is 73.7 cm³/mol. The first-order chi connectivity index (χ1) is 9.68. The first-order valence-corrected chi connectivity index (χ1v) is 8.05. The molecule has 2 rings (SSSR count). The number of nitrogens with zero attached hydrogens (tertiary/aromatic N) is 1. The molecule has 2 atom stereocenters. The molecule has 2 unspecified atom stereocenters. The third-order valence-corrected chi connectivity index (χ3v) is 5.41. The normalized spacial score (nSPS) is 23.6. The quantitative estimate of drug-likeness (QED) is 0.926. The van der Waals surface area contributed by atoms with Crippen molar-refractivity contribution in [3.63, 3.8) is 0 Å². The minimum Gasteiger partial charge on any atom is -0.367 e. The number of alkyl halides is 3. The molecule has 0 spiro atoms. The minimum atomic E-state index is -5.29. The van der Waals surface area contributed by atoms with Crippen LogP contribution in [0.2, 0.25) is 0 Å². The van der Waals surface area contributed by atoms with E-state index in [1.54, 1.807) is 0 Å². The van der Waals surface area contributed by atoms with Crippen molar-refractivity contribution in [1.82, 2.24) is 0 Å². The number of nitrogens with two attached hydrogens (primary N) is 1. The molecule has 1 aliphatic heterocycles. The summed E-state index contributed by atoms with van der Waals surface area (Å²) in [6, 6.07) is 4.91. The van der Waals surface area contributed by atoms with Crippen molar-refractivity contribution >= 4 is 15.5 Å². The van der Waals surface area contributed by atoms with E-state index in [1.807, 2.05) is 4.90 Å². The Bertz CT molecular complexity index is 599. The number of rotatable bonds is 3. The maximum Gasteiger partial charge on any atom is 0.501 e. The molecule has 0 radical (unpaired) electrons. The third-order valence-electron chi connectivity index (χ3n) is 3.91. The lowest BCUT2D eigenvalue weighted by molar-refractivity contribution is -0.0436. The third kappa shape index (κ3) is 2.87. The van der Waals surface area contributed by atoms with Crippen LogP contribution in [0.5, 0.6) is 0 Å². The number of halogens is 3. The number of hydrogen-bond acceptors (Lipinski definition) is 4. The zero-order valence-corrected chi connectivity index (χ0v) is 12.3. The van der Waals surface area contributed by atoms with Crippen molar-refractivity contribution in [1.29, 1.82) is 0 Å². The fraction of sp³-hybridized carbons (Fsp3) is 0.538. The second kappa shape index (κ2) is 5.49. The van der Waals surface area contributed by atoms with Gasteiger partial charge in [0.05, 0.1) is 4.90 Å². The van der Waals surface area contributed by atoms with Gasteiger partial charge in [-0.05, 0) is 36.6 Å². The Morgan fingerprint density at radius 3 is 2.33 bits per heavy atom. The van der Waals surface area contributed by atoms with Crippen LogP contribution in [-0.2, 0) is 9.84 Å². The molecular weight excluding hydrogens is 305 g/mol. The average Bonchev–Trinajstić information content (AvgIpc) is 2.78. The fourth-order valence-electron chi connectivity index (χ4n) is 2.64. The molecule has 0 aliphatic carbocycles. The molecule has 0 saturated carbocycles. The summed E-state index contributed by atoms with van der Waals surface area (Å²) in [5, 5.41) is 0. The maximum absolute atomic E-state index is 12.5. The molecule has 2 N–H and O–H groups in total. The molecule has 1 aromatic rings. The van der Waals surface area contributed by atoms with Crippen molar-refractivity contribution in [3.05, 3.63) is 24.3 Å². The van der Waals surface area contributed by atoms with Gasteiger partial charge in [0.1, 0.15) is 0 Å². The highest BCUT2D eigenvalue weighted by Crippen LogP contribution is 2.33. The Kier molecular flexibility index (Phi) is 4.21. The molecule has 1 aliphatic rings. The lowest BCUT2D eigenvalue weighted by Gasteiger charge is -2.28. The smallest absolute Gasteiger partial charge is 0.367 e. The summed E-state index contributed by atoms with van der Waals surface area (Å²) in [7, 11) is -5.29. The highest BCUT2D eigenvalue weighted by atomic mass is 32.2. The van der Waals surface area contributed by atoms with Crippen LogP contribution in [0.1, 0.15) is 13.3 Å². The van der Waals surface area contributed by atoms with Gasteiger partial charge in [-0.25, -0.2) is 8.42 Å². The van der Waals surface area contributed by atoms with Gasteiger partial charge in [-0.2, -0.15) is 13.2 Å². The summed E-state index contributed by atoms with van der Waals surface area (Å²) in [6.45, 7) is 3.28. The largest absolute Gasteiger partial charge is 0.501 e.